The topological polar surface area (TPSA) is 0 Å². The molecule has 0 aliphatic carbocycles. The molecule has 0 fully saturated rings. The van der Waals surface area contributed by atoms with Gasteiger partial charge in [-0.2, -0.15) is 0 Å². The molecular weight excluding hydrogens is 432 g/mol. The van der Waals surface area contributed by atoms with E-state index in [0.29, 0.717) is 0 Å². The van der Waals surface area contributed by atoms with Crippen molar-refractivity contribution < 1.29 is 34.2 Å². The standard InChI is InChI=1S/36CH4.24H2/h36*1H4;24*1H/i;;;;;;;;;;;;;;;;;;;;;;;;;;;;;;;;;;;;24*1+2. The first-order chi connectivity index (χ1) is 0. The van der Waals surface area contributed by atoms with E-state index < -0.39 is 0 Å². The summed E-state index contributed by atoms with van der Waals surface area (Å²) < 4.78 is 0. The summed E-state index contributed by atoms with van der Waals surface area (Å²) in [4.78, 5) is 0. The highest BCUT2D eigenvalue weighted by Gasteiger charge is -0.0426. The lowest BCUT2D eigenvalue weighted by atomic mass is 12.0. The van der Waals surface area contributed by atoms with Crippen LogP contribution < -0.4 is 0 Å². The summed E-state index contributed by atoms with van der Waals surface area (Å²) in [6.07, 6.45) is 0. The predicted molar refractivity (Wildman–Crippen MR) is 293 cm³/mol. The summed E-state index contributed by atoms with van der Waals surface area (Å²) in [6.45, 7) is 0. The zero-order valence-corrected chi connectivity index (χ0v) is 0. The number of hydrogen-bond acceptors (Lipinski definition) is 0. The summed E-state index contributed by atoms with van der Waals surface area (Å²) in [5, 5.41) is 0. The van der Waals surface area contributed by atoms with E-state index in [1.807, 2.05) is 0 Å². The van der Waals surface area contributed by atoms with Crippen molar-refractivity contribution in [2.75, 3.05) is 0 Å². The Kier molecular flexibility index (Phi) is 0. The van der Waals surface area contributed by atoms with Crippen LogP contribution in [0.15, 0.2) is 0 Å². The Morgan fingerprint density at radius 1 is 0.0556 bits per heavy atom. The molecule has 0 heterocycles. The third kappa shape index (κ3) is 0. The van der Waals surface area contributed by atoms with Gasteiger partial charge in [-0.15, -0.1) is 0 Å². The SMILES string of the molecule is C.C.C.C.C.C.C.C.C.C.C.C.C.C.C.C.C.C.C.C.C.C.C.C.C.C.C.C.C.C.C.C.C.C.C.C.[3HH].[3HH].[3HH].[3HH].[3HH].[3HH].[3HH].[3HH].[3HH].[3HH].[3HH].[3HH].[3HH].[3HH].[3HH].[3HH].[3HH].[3HH].[3HH].[3HH].[3HH].[3HH].[3HH].[3HH]. The molecule has 0 saturated heterocycles. The number of hydrogen-bond donors (Lipinski definition) is 0. The molecule has 0 heteroatoms. The summed E-state index contributed by atoms with van der Waals surface area (Å²) in [7, 11) is 0. The Morgan fingerprint density at radius 3 is 0.0556 bits per heavy atom. The van der Waals surface area contributed by atoms with Gasteiger partial charge in [-0.25, -0.2) is 0 Å². The van der Waals surface area contributed by atoms with E-state index in [-0.39, 0.29) is 302 Å². The van der Waals surface area contributed by atoms with Gasteiger partial charge in [-0.3, -0.25) is 0 Å². The lowest BCUT2D eigenvalue weighted by Crippen LogP contribution is 0.143. The molecule has 0 unspecified atom stereocenters. The zero-order chi connectivity index (χ0) is 0. The Morgan fingerprint density at radius 2 is 0.0556 bits per heavy atom. The molecule has 0 rings (SSSR count). The third-order valence-electron chi connectivity index (χ3n) is 0. The van der Waals surface area contributed by atoms with Gasteiger partial charge in [0.15, 0.2) is 0 Å². The van der Waals surface area contributed by atoms with Crippen molar-refractivity contribution in [2.24, 2.45) is 0 Å². The van der Waals surface area contributed by atoms with Gasteiger partial charge in [0.05, 0.1) is 0 Å². The maximum atomic E-state index is 0. The van der Waals surface area contributed by atoms with Crippen LogP contribution in [0.1, 0.15) is 302 Å². The Hall–Kier alpha value is 0. The third-order valence-corrected chi connectivity index (χ3v) is 0. The highest BCUT2D eigenvalue weighted by molar-refractivity contribution is 2.54. The average molecular weight is 674 g/mol. The van der Waals surface area contributed by atoms with E-state index in [9.17, 15) is 0 Å². The Bertz CT molecular complexity index is 58.3. The van der Waals surface area contributed by atoms with Crippen LogP contribution in [-0.4, -0.2) is 0 Å². The highest BCUT2D eigenvalue weighted by atomic mass is 12.0. The van der Waals surface area contributed by atoms with Crippen LogP contribution >= 0.6 is 0 Å². The van der Waals surface area contributed by atoms with Crippen molar-refractivity contribution in [3.8, 4) is 0 Å². The molecule has 0 atom stereocenters. The van der Waals surface area contributed by atoms with Crippen molar-refractivity contribution in [3.05, 3.63) is 0 Å². The van der Waals surface area contributed by atoms with E-state index in [4.69, 9.17) is 0 Å². The minimum Gasteiger partial charge on any atom is -0.0776 e. The normalized spacial score (nSPS) is 0. The van der Waals surface area contributed by atoms with Crippen molar-refractivity contribution >= 4 is 0 Å². The largest absolute Gasteiger partial charge is 0.0776 e. The van der Waals surface area contributed by atoms with Gasteiger partial charge in [0, 0.05) is 34.2 Å². The van der Waals surface area contributed by atoms with Crippen molar-refractivity contribution in [1.29, 1.82) is 0 Å². The van der Waals surface area contributed by atoms with E-state index in [2.05, 4.69) is 0 Å². The van der Waals surface area contributed by atoms with Crippen molar-refractivity contribution in [2.45, 2.75) is 267 Å². The summed E-state index contributed by atoms with van der Waals surface area (Å²) in [5.74, 6) is 0. The maximum absolute atomic E-state index is 0. The molecule has 36 heavy (non-hydrogen) atoms. The van der Waals surface area contributed by atoms with E-state index in [1.54, 1.807) is 0 Å². The van der Waals surface area contributed by atoms with Gasteiger partial charge in [-0.05, 0) is 0 Å². The average Bonchev–Trinajstić information content (AvgIpc) is 0. The second-order valence-corrected chi connectivity index (χ2v) is 0. The van der Waals surface area contributed by atoms with Crippen molar-refractivity contribution in [3.63, 3.8) is 0 Å². The van der Waals surface area contributed by atoms with Gasteiger partial charge in [-0.1, -0.05) is 267 Å². The summed E-state index contributed by atoms with van der Waals surface area (Å²) in [6, 6.07) is 0. The monoisotopic (exact) mass is 674 g/mol. The lowest BCUT2D eigenvalue weighted by molar-refractivity contribution is 2.50. The first-order valence-electron chi connectivity index (χ1n) is 0. The first kappa shape index (κ1) is 0. The fourth-order valence-electron chi connectivity index (χ4n) is 0. The quantitative estimate of drug-likeness (QED) is 0.240. The molecule has 0 aromatic carbocycles. The Labute approximate surface area is 302 Å². The van der Waals surface area contributed by atoms with Crippen molar-refractivity contribution in [1.82, 2.24) is 0 Å². The van der Waals surface area contributed by atoms with Gasteiger partial charge in [0.25, 0.3) is 0 Å². The van der Waals surface area contributed by atoms with Gasteiger partial charge >= 0.3 is 0 Å². The van der Waals surface area contributed by atoms with Crippen LogP contribution in [0.3, 0.4) is 0 Å². The van der Waals surface area contributed by atoms with E-state index in [0.717, 1.165) is 0 Å². The summed E-state index contributed by atoms with van der Waals surface area (Å²) in [5.41, 5.74) is 0. The Balaban J connectivity index is 0. The molecule has 0 aliphatic rings. The molecule has 0 nitrogen and oxygen atoms in total. The molecule has 0 N–H and O–H groups in total. The van der Waals surface area contributed by atoms with Crippen LogP contribution in [-0.2, 0) is 0 Å². The molecule has 0 aromatic heterocycles. The number of rotatable bonds is 0. The van der Waals surface area contributed by atoms with Gasteiger partial charge < -0.3 is 0 Å². The smallest absolute Gasteiger partial charge is 0 e. The predicted octanol–water partition coefficient (Wildman–Crippen LogP) is 28.8. The van der Waals surface area contributed by atoms with Crippen LogP contribution in [0.2, 0.25) is 0 Å². The second-order valence-electron chi connectivity index (χ2n) is 0. The molecule has 0 aromatic rings. The maximum Gasteiger partial charge on any atom is 0 e. The minimum absolute atomic E-state index is 0. The van der Waals surface area contributed by atoms with E-state index in [1.165, 1.54) is 0 Å². The molecule has 0 radical (unpaired) electrons. The van der Waals surface area contributed by atoms with Crippen LogP contribution in [0.4, 0.5) is 0 Å². The minimum atomic E-state index is 0. The molecule has 0 aliphatic heterocycles. The van der Waals surface area contributed by atoms with E-state index >= 15 is 0 Å². The fourth-order valence-corrected chi connectivity index (χ4v) is 0. The fraction of sp³-hybridized carbons (Fsp3) is 1.00. The van der Waals surface area contributed by atoms with Crippen LogP contribution in [0.5, 0.6) is 0 Å². The molecule has 0 saturated carbocycles. The second kappa shape index (κ2) is 0. The zero-order valence-electron chi connectivity index (χ0n) is 0. The lowest BCUT2D eigenvalue weighted by Gasteiger charge is -0.0786. The molecule has 0 bridgehead atoms. The van der Waals surface area contributed by atoms with Gasteiger partial charge in [0.2, 0.25) is 0 Å². The van der Waals surface area contributed by atoms with Crippen LogP contribution in [0.25, 0.3) is 0 Å². The van der Waals surface area contributed by atoms with Crippen LogP contribution in [0, 0.1) is 0 Å². The molecule has 336 valence electrons. The molecule has 0 spiro atoms. The molecular formula is C36H192. The highest BCUT2D eigenvalue weighted by Crippen LogP contribution is 0.179. The molecule has 0 amide bonds. The first-order valence-corrected chi connectivity index (χ1v) is 0. The van der Waals surface area contributed by atoms with Gasteiger partial charge in [0.1, 0.15) is 0 Å². The summed E-state index contributed by atoms with van der Waals surface area (Å²) >= 11 is 0.